The molecule has 0 bridgehead atoms. The Morgan fingerprint density at radius 2 is 1.88 bits per heavy atom. The molecule has 1 saturated heterocycles. The van der Waals surface area contributed by atoms with Gasteiger partial charge in [0.2, 0.25) is 5.91 Å². The molecular weight excluding hydrogens is 218 g/mol. The molecule has 1 atom stereocenters. The number of carbonyl (C=O) groups is 2. The summed E-state index contributed by atoms with van der Waals surface area (Å²) in [5.74, 6) is -0.616. The summed E-state index contributed by atoms with van der Waals surface area (Å²) in [5, 5.41) is 9.11. The van der Waals surface area contributed by atoms with Gasteiger partial charge in [0.25, 0.3) is 0 Å². The summed E-state index contributed by atoms with van der Waals surface area (Å²) < 4.78 is 0. The predicted octanol–water partition coefficient (Wildman–Crippen LogP) is 1.75. The van der Waals surface area contributed by atoms with Gasteiger partial charge in [-0.25, -0.2) is 0 Å². The van der Waals surface area contributed by atoms with Crippen LogP contribution < -0.4 is 0 Å². The monoisotopic (exact) mass is 239 g/mol. The maximum atomic E-state index is 12.2. The minimum Gasteiger partial charge on any atom is -0.480 e. The van der Waals surface area contributed by atoms with Crippen LogP contribution in [-0.4, -0.2) is 35.0 Å². The van der Waals surface area contributed by atoms with Crippen LogP contribution in [-0.2, 0) is 9.59 Å². The first kappa shape index (κ1) is 12.4. The Morgan fingerprint density at radius 1 is 1.29 bits per heavy atom. The van der Waals surface area contributed by atoms with Crippen molar-refractivity contribution in [2.24, 2.45) is 16.7 Å². The van der Waals surface area contributed by atoms with Crippen LogP contribution >= 0.6 is 0 Å². The Bertz CT molecular complexity index is 352. The first-order valence-electron chi connectivity index (χ1n) is 6.30. The van der Waals surface area contributed by atoms with Crippen LogP contribution in [0.15, 0.2) is 0 Å². The van der Waals surface area contributed by atoms with Crippen molar-refractivity contribution in [2.75, 3.05) is 13.1 Å². The number of hydrogen-bond acceptors (Lipinski definition) is 2. The average molecular weight is 239 g/mol. The Labute approximate surface area is 102 Å². The van der Waals surface area contributed by atoms with Gasteiger partial charge in [0.15, 0.2) is 0 Å². The summed E-state index contributed by atoms with van der Waals surface area (Å²) in [6, 6.07) is 0. The van der Waals surface area contributed by atoms with Gasteiger partial charge in [-0.15, -0.1) is 0 Å². The van der Waals surface area contributed by atoms with Gasteiger partial charge in [0, 0.05) is 13.1 Å². The van der Waals surface area contributed by atoms with E-state index < -0.39 is 11.4 Å². The SMILES string of the molecule is CC(C)(C)C1CCN(C(=O)C2(C(=O)O)CC2)C1. The van der Waals surface area contributed by atoms with E-state index in [0.717, 1.165) is 19.5 Å². The zero-order valence-electron chi connectivity index (χ0n) is 10.8. The second-order valence-electron chi connectivity index (χ2n) is 6.49. The van der Waals surface area contributed by atoms with Crippen LogP contribution in [0.25, 0.3) is 0 Å². The molecule has 4 heteroatoms. The number of carbonyl (C=O) groups excluding carboxylic acids is 1. The van der Waals surface area contributed by atoms with E-state index in [1.54, 1.807) is 4.90 Å². The number of rotatable bonds is 2. The molecule has 96 valence electrons. The predicted molar refractivity (Wildman–Crippen MR) is 63.4 cm³/mol. The highest BCUT2D eigenvalue weighted by molar-refractivity contribution is 6.04. The molecule has 2 aliphatic rings. The molecule has 2 rings (SSSR count). The highest BCUT2D eigenvalue weighted by Crippen LogP contribution is 2.48. The molecule has 1 aliphatic heterocycles. The molecule has 1 saturated carbocycles. The summed E-state index contributed by atoms with van der Waals surface area (Å²) in [7, 11) is 0. The first-order valence-corrected chi connectivity index (χ1v) is 6.30. The lowest BCUT2D eigenvalue weighted by atomic mass is 9.80. The number of hydrogen-bond donors (Lipinski definition) is 1. The van der Waals surface area contributed by atoms with E-state index in [2.05, 4.69) is 20.8 Å². The molecule has 0 radical (unpaired) electrons. The Hall–Kier alpha value is -1.06. The van der Waals surface area contributed by atoms with Crippen molar-refractivity contribution < 1.29 is 14.7 Å². The molecule has 1 aliphatic carbocycles. The van der Waals surface area contributed by atoms with Gasteiger partial charge in [-0.3, -0.25) is 9.59 Å². The summed E-state index contributed by atoms with van der Waals surface area (Å²) in [6.45, 7) is 7.97. The van der Waals surface area contributed by atoms with E-state index in [0.29, 0.717) is 18.8 Å². The van der Waals surface area contributed by atoms with Crippen LogP contribution in [0.1, 0.15) is 40.0 Å². The van der Waals surface area contributed by atoms with Gasteiger partial charge in [-0.2, -0.15) is 0 Å². The molecule has 0 spiro atoms. The van der Waals surface area contributed by atoms with Crippen LogP contribution in [0.3, 0.4) is 0 Å². The van der Waals surface area contributed by atoms with Crippen molar-refractivity contribution in [3.8, 4) is 0 Å². The third kappa shape index (κ3) is 2.05. The fraction of sp³-hybridized carbons (Fsp3) is 0.846. The molecule has 1 N–H and O–H groups in total. The van der Waals surface area contributed by atoms with Crippen molar-refractivity contribution in [1.82, 2.24) is 4.90 Å². The Kier molecular flexibility index (Phi) is 2.71. The van der Waals surface area contributed by atoms with Gasteiger partial charge >= 0.3 is 5.97 Å². The molecule has 0 aromatic heterocycles. The quantitative estimate of drug-likeness (QED) is 0.747. The number of carboxylic acid groups (broad SMARTS) is 1. The third-order valence-corrected chi connectivity index (χ3v) is 4.27. The van der Waals surface area contributed by atoms with Gasteiger partial charge < -0.3 is 10.0 Å². The van der Waals surface area contributed by atoms with Crippen LogP contribution in [0.2, 0.25) is 0 Å². The van der Waals surface area contributed by atoms with Gasteiger partial charge in [-0.05, 0) is 30.6 Å². The van der Waals surface area contributed by atoms with E-state index in [1.807, 2.05) is 0 Å². The fourth-order valence-corrected chi connectivity index (χ4v) is 2.60. The fourth-order valence-electron chi connectivity index (χ4n) is 2.60. The zero-order chi connectivity index (χ0) is 12.8. The maximum Gasteiger partial charge on any atom is 0.319 e. The number of aliphatic carboxylic acids is 1. The zero-order valence-corrected chi connectivity index (χ0v) is 10.8. The summed E-state index contributed by atoms with van der Waals surface area (Å²) in [6.07, 6.45) is 2.01. The molecule has 17 heavy (non-hydrogen) atoms. The largest absolute Gasteiger partial charge is 0.480 e. The maximum absolute atomic E-state index is 12.2. The van der Waals surface area contributed by atoms with Crippen molar-refractivity contribution in [3.63, 3.8) is 0 Å². The van der Waals surface area contributed by atoms with Crippen molar-refractivity contribution in [2.45, 2.75) is 40.0 Å². The molecule has 1 unspecified atom stereocenters. The molecule has 1 amide bonds. The van der Waals surface area contributed by atoms with E-state index in [4.69, 9.17) is 5.11 Å². The van der Waals surface area contributed by atoms with E-state index in [9.17, 15) is 9.59 Å². The normalized spacial score (nSPS) is 27.0. The second kappa shape index (κ2) is 3.72. The minimum atomic E-state index is -1.06. The third-order valence-electron chi connectivity index (χ3n) is 4.27. The molecule has 0 aromatic rings. The summed E-state index contributed by atoms with van der Waals surface area (Å²) >= 11 is 0. The molecule has 0 aromatic carbocycles. The Balaban J connectivity index is 2.02. The molecular formula is C13H21NO3. The molecule has 1 heterocycles. The van der Waals surface area contributed by atoms with Crippen LogP contribution in [0.4, 0.5) is 0 Å². The second-order valence-corrected chi connectivity index (χ2v) is 6.49. The standard InChI is InChI=1S/C13H21NO3/c1-12(2,3)9-4-7-14(8-9)10(15)13(5-6-13)11(16)17/h9H,4-8H2,1-3H3,(H,16,17). The van der Waals surface area contributed by atoms with Gasteiger partial charge in [-0.1, -0.05) is 20.8 Å². The molecule has 2 fully saturated rings. The Morgan fingerprint density at radius 3 is 2.24 bits per heavy atom. The van der Waals surface area contributed by atoms with Crippen molar-refractivity contribution >= 4 is 11.9 Å². The first-order chi connectivity index (χ1) is 7.77. The number of likely N-dealkylation sites (tertiary alicyclic amines) is 1. The smallest absolute Gasteiger partial charge is 0.319 e. The van der Waals surface area contributed by atoms with Crippen molar-refractivity contribution in [1.29, 1.82) is 0 Å². The van der Waals surface area contributed by atoms with Crippen LogP contribution in [0, 0.1) is 16.7 Å². The van der Waals surface area contributed by atoms with Crippen molar-refractivity contribution in [3.05, 3.63) is 0 Å². The number of nitrogens with zero attached hydrogens (tertiary/aromatic N) is 1. The molecule has 4 nitrogen and oxygen atoms in total. The minimum absolute atomic E-state index is 0.156. The van der Waals surface area contributed by atoms with Gasteiger partial charge in [0.05, 0.1) is 0 Å². The lowest BCUT2D eigenvalue weighted by molar-refractivity contribution is -0.153. The van der Waals surface area contributed by atoms with E-state index >= 15 is 0 Å². The highest BCUT2D eigenvalue weighted by atomic mass is 16.4. The highest BCUT2D eigenvalue weighted by Gasteiger charge is 2.59. The van der Waals surface area contributed by atoms with Crippen LogP contribution in [0.5, 0.6) is 0 Å². The topological polar surface area (TPSA) is 57.6 Å². The van der Waals surface area contributed by atoms with E-state index in [1.165, 1.54) is 0 Å². The lowest BCUT2D eigenvalue weighted by Crippen LogP contribution is -2.40. The summed E-state index contributed by atoms with van der Waals surface area (Å²) in [4.78, 5) is 25.1. The average Bonchev–Trinajstić information content (AvgIpc) is 2.86. The van der Waals surface area contributed by atoms with E-state index in [-0.39, 0.29) is 11.3 Å². The summed E-state index contributed by atoms with van der Waals surface area (Å²) in [5.41, 5.74) is -0.873. The lowest BCUT2D eigenvalue weighted by Gasteiger charge is -2.27. The number of carboxylic acids is 1. The van der Waals surface area contributed by atoms with Gasteiger partial charge in [0.1, 0.15) is 5.41 Å². The number of amides is 1.